The number of benzene rings is 2. The lowest BCUT2D eigenvalue weighted by Crippen LogP contribution is -2.44. The van der Waals surface area contributed by atoms with Crippen molar-refractivity contribution in [2.45, 2.75) is 26.1 Å². The van der Waals surface area contributed by atoms with Crippen LogP contribution < -0.4 is 16.0 Å². The van der Waals surface area contributed by atoms with Gasteiger partial charge in [-0.2, -0.15) is 13.2 Å². The molecule has 13 heteroatoms. The lowest BCUT2D eigenvalue weighted by molar-refractivity contribution is -0.140. The molecule has 1 aromatic heterocycles. The maximum absolute atomic E-state index is 12.7. The molecule has 9 nitrogen and oxygen atoms in total. The first-order valence-electron chi connectivity index (χ1n) is 10.4. The Morgan fingerprint density at radius 1 is 1.03 bits per heavy atom. The molecule has 0 saturated heterocycles. The molecular weight excluding hydrogens is 505 g/mol. The summed E-state index contributed by atoms with van der Waals surface area (Å²) in [6.07, 6.45) is -4.56. The van der Waals surface area contributed by atoms with Crippen LogP contribution in [0.15, 0.2) is 53.1 Å². The van der Waals surface area contributed by atoms with E-state index in [0.717, 1.165) is 12.1 Å². The van der Waals surface area contributed by atoms with Crippen LogP contribution in [0.5, 0.6) is 0 Å². The molecule has 0 saturated carbocycles. The van der Waals surface area contributed by atoms with E-state index in [4.69, 9.17) is 16.1 Å². The van der Waals surface area contributed by atoms with Crippen LogP contribution in [0.1, 0.15) is 30.0 Å². The van der Waals surface area contributed by atoms with Crippen LogP contribution in [-0.4, -0.2) is 34.2 Å². The molecule has 0 radical (unpaired) electrons. The Morgan fingerprint density at radius 3 is 2.25 bits per heavy atom. The number of anilines is 2. The molecule has 4 N–H and O–H groups in total. The maximum Gasteiger partial charge on any atom is 0.416 e. The molecule has 0 aliphatic carbocycles. The van der Waals surface area contributed by atoms with Crippen LogP contribution >= 0.6 is 11.6 Å². The van der Waals surface area contributed by atoms with Crippen LogP contribution in [0.4, 0.5) is 29.3 Å². The van der Waals surface area contributed by atoms with Crippen molar-refractivity contribution >= 4 is 40.9 Å². The molecule has 3 aromatic rings. The number of amides is 3. The SMILES string of the molecule is CC(C)C(NC(=O)c1cc(-c2ccc(NC(=O)Nc3ccc(C(F)(F)F)cc3Cl)cc2)no1)C(=O)O. The predicted octanol–water partition coefficient (Wildman–Crippen LogP) is 5.50. The van der Waals surface area contributed by atoms with Gasteiger partial charge in [0, 0.05) is 17.3 Å². The van der Waals surface area contributed by atoms with E-state index in [2.05, 4.69) is 21.1 Å². The zero-order chi connectivity index (χ0) is 26.6. The van der Waals surface area contributed by atoms with Crippen LogP contribution in [0, 0.1) is 5.92 Å². The van der Waals surface area contributed by atoms with Crippen LogP contribution in [0.3, 0.4) is 0 Å². The molecule has 0 aliphatic heterocycles. The number of nitrogens with zero attached hydrogens (tertiary/aromatic N) is 1. The molecule has 0 aliphatic rings. The lowest BCUT2D eigenvalue weighted by atomic mass is 10.0. The fourth-order valence-electron chi connectivity index (χ4n) is 3.05. The number of hydrogen-bond acceptors (Lipinski definition) is 5. The number of halogens is 4. The third kappa shape index (κ3) is 6.54. The molecule has 1 unspecified atom stereocenters. The largest absolute Gasteiger partial charge is 0.480 e. The first-order valence-corrected chi connectivity index (χ1v) is 10.8. The van der Waals surface area contributed by atoms with Gasteiger partial charge in [0.05, 0.1) is 16.3 Å². The highest BCUT2D eigenvalue weighted by molar-refractivity contribution is 6.33. The summed E-state index contributed by atoms with van der Waals surface area (Å²) in [4.78, 5) is 35.8. The molecule has 0 fully saturated rings. The van der Waals surface area contributed by atoms with Gasteiger partial charge in [-0.15, -0.1) is 0 Å². The van der Waals surface area contributed by atoms with E-state index < -0.39 is 35.7 Å². The number of carboxylic acids is 1. The minimum atomic E-state index is -4.56. The summed E-state index contributed by atoms with van der Waals surface area (Å²) in [6.45, 7) is 3.30. The summed E-state index contributed by atoms with van der Waals surface area (Å²) in [5.41, 5.74) is 0.234. The van der Waals surface area contributed by atoms with Gasteiger partial charge in [0.25, 0.3) is 5.91 Å². The Hall–Kier alpha value is -4.06. The quantitative estimate of drug-likeness (QED) is 0.322. The number of carbonyl (C=O) groups is 3. The van der Waals surface area contributed by atoms with Gasteiger partial charge in [0.1, 0.15) is 11.7 Å². The highest BCUT2D eigenvalue weighted by Gasteiger charge is 2.31. The van der Waals surface area contributed by atoms with E-state index in [9.17, 15) is 32.7 Å². The summed E-state index contributed by atoms with van der Waals surface area (Å²) in [7, 11) is 0. The average molecular weight is 525 g/mol. The van der Waals surface area contributed by atoms with Crippen molar-refractivity contribution in [3.05, 3.63) is 64.9 Å². The monoisotopic (exact) mass is 524 g/mol. The topological polar surface area (TPSA) is 134 Å². The molecule has 0 bridgehead atoms. The van der Waals surface area contributed by atoms with E-state index in [-0.39, 0.29) is 22.4 Å². The first-order chi connectivity index (χ1) is 16.8. The summed E-state index contributed by atoms with van der Waals surface area (Å²) in [5, 5.41) is 20.0. The fourth-order valence-corrected chi connectivity index (χ4v) is 3.27. The Kier molecular flexibility index (Phi) is 7.88. The first kappa shape index (κ1) is 26.5. The van der Waals surface area contributed by atoms with Gasteiger partial charge in [-0.25, -0.2) is 9.59 Å². The standard InChI is InChI=1S/C23H20ClF3N4O5/c1-11(2)19(21(33)34)30-20(32)18-10-17(31-36-18)12-3-6-14(7-4-12)28-22(35)29-16-8-5-13(9-15(16)24)23(25,26)27/h3-11,19H,1-2H3,(H,30,32)(H,33,34)(H2,28,29,35). The minimum Gasteiger partial charge on any atom is -0.480 e. The number of aromatic nitrogens is 1. The Labute approximate surface area is 207 Å². The van der Waals surface area contributed by atoms with Crippen molar-refractivity contribution in [3.63, 3.8) is 0 Å². The Morgan fingerprint density at radius 2 is 1.69 bits per heavy atom. The summed E-state index contributed by atoms with van der Waals surface area (Å²) in [6, 6.07) is 8.28. The number of alkyl halides is 3. The molecule has 3 amide bonds. The second-order valence-electron chi connectivity index (χ2n) is 7.96. The van der Waals surface area contributed by atoms with E-state index in [1.807, 2.05) is 0 Å². The molecule has 1 heterocycles. The van der Waals surface area contributed by atoms with Crippen molar-refractivity contribution < 1.29 is 37.2 Å². The number of rotatable bonds is 7. The van der Waals surface area contributed by atoms with E-state index >= 15 is 0 Å². The molecule has 0 spiro atoms. The molecule has 3 rings (SSSR count). The van der Waals surface area contributed by atoms with Crippen molar-refractivity contribution in [1.82, 2.24) is 10.5 Å². The second kappa shape index (κ2) is 10.7. The smallest absolute Gasteiger partial charge is 0.416 e. The number of nitrogens with one attached hydrogen (secondary N) is 3. The molecule has 1 atom stereocenters. The highest BCUT2D eigenvalue weighted by atomic mass is 35.5. The van der Waals surface area contributed by atoms with Gasteiger partial charge in [-0.3, -0.25) is 4.79 Å². The van der Waals surface area contributed by atoms with Crippen molar-refractivity contribution in [2.24, 2.45) is 5.92 Å². The normalized spacial score (nSPS) is 12.2. The van der Waals surface area contributed by atoms with Gasteiger partial charge in [-0.05, 0) is 36.2 Å². The van der Waals surface area contributed by atoms with E-state index in [0.29, 0.717) is 23.0 Å². The van der Waals surface area contributed by atoms with Crippen LogP contribution in [0.25, 0.3) is 11.3 Å². The molecule has 190 valence electrons. The lowest BCUT2D eigenvalue weighted by Gasteiger charge is -2.16. The van der Waals surface area contributed by atoms with Gasteiger partial charge >= 0.3 is 18.2 Å². The van der Waals surface area contributed by atoms with Gasteiger partial charge in [0.15, 0.2) is 0 Å². The Balaban J connectivity index is 1.63. The van der Waals surface area contributed by atoms with Crippen molar-refractivity contribution in [2.75, 3.05) is 10.6 Å². The minimum absolute atomic E-state index is 0.00482. The number of carboxylic acid groups (broad SMARTS) is 1. The zero-order valence-corrected chi connectivity index (χ0v) is 19.6. The van der Waals surface area contributed by atoms with Crippen molar-refractivity contribution in [1.29, 1.82) is 0 Å². The highest BCUT2D eigenvalue weighted by Crippen LogP contribution is 2.33. The van der Waals surface area contributed by atoms with Crippen molar-refractivity contribution in [3.8, 4) is 11.3 Å². The Bertz CT molecular complexity index is 1280. The molecule has 2 aromatic carbocycles. The second-order valence-corrected chi connectivity index (χ2v) is 8.37. The summed E-state index contributed by atoms with van der Waals surface area (Å²) < 4.78 is 43.3. The maximum atomic E-state index is 12.7. The number of hydrogen-bond donors (Lipinski definition) is 4. The van der Waals surface area contributed by atoms with Gasteiger partial charge in [-0.1, -0.05) is 42.7 Å². The third-order valence-corrected chi connectivity index (χ3v) is 5.25. The average Bonchev–Trinajstić information content (AvgIpc) is 3.28. The predicted molar refractivity (Wildman–Crippen MR) is 125 cm³/mol. The summed E-state index contributed by atoms with van der Waals surface area (Å²) in [5.74, 6) is -2.43. The zero-order valence-electron chi connectivity index (χ0n) is 18.8. The van der Waals surface area contributed by atoms with E-state index in [1.54, 1.807) is 26.0 Å². The third-order valence-electron chi connectivity index (χ3n) is 4.94. The molecular formula is C23H20ClF3N4O5. The van der Waals surface area contributed by atoms with Gasteiger partial charge < -0.3 is 25.6 Å². The van der Waals surface area contributed by atoms with Crippen LogP contribution in [-0.2, 0) is 11.0 Å². The van der Waals surface area contributed by atoms with E-state index in [1.165, 1.54) is 18.2 Å². The van der Waals surface area contributed by atoms with Crippen LogP contribution in [0.2, 0.25) is 5.02 Å². The number of carbonyl (C=O) groups excluding carboxylic acids is 2. The fraction of sp³-hybridized carbons (Fsp3) is 0.217. The number of urea groups is 1. The molecule has 36 heavy (non-hydrogen) atoms. The summed E-state index contributed by atoms with van der Waals surface area (Å²) >= 11 is 5.84. The number of aliphatic carboxylic acids is 1. The van der Waals surface area contributed by atoms with Gasteiger partial charge in [0.2, 0.25) is 5.76 Å².